The van der Waals surface area contributed by atoms with E-state index in [4.69, 9.17) is 4.74 Å². The zero-order valence-electron chi connectivity index (χ0n) is 9.23. The third-order valence-corrected chi connectivity index (χ3v) is 3.32. The summed E-state index contributed by atoms with van der Waals surface area (Å²) in [4.78, 5) is 0. The van der Waals surface area contributed by atoms with E-state index >= 15 is 0 Å². The Balaban J connectivity index is 0.000000396. The first kappa shape index (κ1) is 11.0. The van der Waals surface area contributed by atoms with Crippen molar-refractivity contribution in [2.45, 2.75) is 45.6 Å². The first-order valence-corrected chi connectivity index (χ1v) is 5.58. The molecule has 2 rings (SSSR count). The standard InChI is InChI=1S/C9H17NO.C2H6/c1-11-8-6-9(7-8)2-4-10-5-3-9;1-2/h8,10H,2-7H2,1H3;1-2H3. The lowest BCUT2D eigenvalue weighted by atomic mass is 9.62. The Morgan fingerprint density at radius 1 is 1.15 bits per heavy atom. The van der Waals surface area contributed by atoms with E-state index in [1.807, 2.05) is 21.0 Å². The average molecular weight is 185 g/mol. The van der Waals surface area contributed by atoms with Crippen LogP contribution in [-0.4, -0.2) is 26.3 Å². The predicted octanol–water partition coefficient (Wildman–Crippen LogP) is 2.19. The SMILES string of the molecule is CC.COC1CC2(CCNCC2)C1. The molecule has 1 saturated carbocycles. The molecule has 0 bridgehead atoms. The Morgan fingerprint density at radius 2 is 1.69 bits per heavy atom. The van der Waals surface area contributed by atoms with Gasteiger partial charge < -0.3 is 10.1 Å². The molecule has 2 nitrogen and oxygen atoms in total. The van der Waals surface area contributed by atoms with E-state index in [-0.39, 0.29) is 0 Å². The van der Waals surface area contributed by atoms with Crippen LogP contribution < -0.4 is 5.32 Å². The van der Waals surface area contributed by atoms with Gasteiger partial charge in [-0.25, -0.2) is 0 Å². The Bertz CT molecular complexity index is 133. The van der Waals surface area contributed by atoms with Gasteiger partial charge >= 0.3 is 0 Å². The van der Waals surface area contributed by atoms with Gasteiger partial charge in [-0.05, 0) is 44.2 Å². The lowest BCUT2D eigenvalue weighted by molar-refractivity contribution is -0.0735. The summed E-state index contributed by atoms with van der Waals surface area (Å²) in [7, 11) is 1.83. The molecule has 2 aliphatic rings. The van der Waals surface area contributed by atoms with E-state index < -0.39 is 0 Å². The molecule has 1 spiro atoms. The molecule has 78 valence electrons. The van der Waals surface area contributed by atoms with Crippen LogP contribution in [0.5, 0.6) is 0 Å². The summed E-state index contributed by atoms with van der Waals surface area (Å²) in [5.41, 5.74) is 0.686. The molecule has 2 fully saturated rings. The summed E-state index contributed by atoms with van der Waals surface area (Å²) in [6, 6.07) is 0. The molecule has 1 aliphatic heterocycles. The van der Waals surface area contributed by atoms with Crippen LogP contribution in [0, 0.1) is 5.41 Å². The van der Waals surface area contributed by atoms with Crippen LogP contribution in [0.25, 0.3) is 0 Å². The first-order chi connectivity index (χ1) is 6.35. The summed E-state index contributed by atoms with van der Waals surface area (Å²) in [6.07, 6.45) is 5.93. The maximum atomic E-state index is 5.29. The largest absolute Gasteiger partial charge is 0.381 e. The van der Waals surface area contributed by atoms with Gasteiger partial charge in [-0.2, -0.15) is 0 Å². The van der Waals surface area contributed by atoms with Crippen LogP contribution in [-0.2, 0) is 4.74 Å². The second kappa shape index (κ2) is 4.97. The van der Waals surface area contributed by atoms with Crippen molar-refractivity contribution < 1.29 is 4.74 Å². The van der Waals surface area contributed by atoms with Gasteiger partial charge in [0, 0.05) is 7.11 Å². The lowest BCUT2D eigenvalue weighted by Gasteiger charge is -2.49. The van der Waals surface area contributed by atoms with Crippen LogP contribution in [0.1, 0.15) is 39.5 Å². The van der Waals surface area contributed by atoms with Crippen molar-refractivity contribution in [1.82, 2.24) is 5.32 Å². The monoisotopic (exact) mass is 185 g/mol. The Kier molecular flexibility index (Phi) is 4.20. The van der Waals surface area contributed by atoms with E-state index in [0.29, 0.717) is 11.5 Å². The molecule has 0 unspecified atom stereocenters. The normalized spacial score (nSPS) is 26.1. The number of ether oxygens (including phenoxy) is 1. The second-order valence-electron chi connectivity index (χ2n) is 4.02. The van der Waals surface area contributed by atoms with Crippen LogP contribution in [0.4, 0.5) is 0 Å². The molecule has 0 aromatic carbocycles. The highest BCUT2D eigenvalue weighted by molar-refractivity contribution is 4.96. The van der Waals surface area contributed by atoms with Gasteiger partial charge in [0.25, 0.3) is 0 Å². The Morgan fingerprint density at radius 3 is 2.15 bits per heavy atom. The fraction of sp³-hybridized carbons (Fsp3) is 1.00. The molecular formula is C11H23NO. The Hall–Kier alpha value is -0.0800. The van der Waals surface area contributed by atoms with Crippen LogP contribution in [0.15, 0.2) is 0 Å². The lowest BCUT2D eigenvalue weighted by Crippen LogP contribution is -2.48. The molecule has 0 atom stereocenters. The fourth-order valence-corrected chi connectivity index (χ4v) is 2.44. The van der Waals surface area contributed by atoms with Gasteiger partial charge in [0.15, 0.2) is 0 Å². The van der Waals surface area contributed by atoms with Crippen molar-refractivity contribution in [1.29, 1.82) is 0 Å². The van der Waals surface area contributed by atoms with E-state index in [9.17, 15) is 0 Å². The van der Waals surface area contributed by atoms with Crippen molar-refractivity contribution in [2.75, 3.05) is 20.2 Å². The minimum absolute atomic E-state index is 0.577. The average Bonchev–Trinajstić information content (AvgIpc) is 2.18. The zero-order valence-corrected chi connectivity index (χ0v) is 9.23. The van der Waals surface area contributed by atoms with Gasteiger partial charge in [-0.15, -0.1) is 0 Å². The van der Waals surface area contributed by atoms with Gasteiger partial charge in [0.05, 0.1) is 6.10 Å². The molecular weight excluding hydrogens is 162 g/mol. The van der Waals surface area contributed by atoms with Crippen LogP contribution in [0.3, 0.4) is 0 Å². The number of piperidine rings is 1. The van der Waals surface area contributed by atoms with Crippen molar-refractivity contribution >= 4 is 0 Å². The fourth-order valence-electron chi connectivity index (χ4n) is 2.44. The summed E-state index contributed by atoms with van der Waals surface area (Å²) >= 11 is 0. The predicted molar refractivity (Wildman–Crippen MR) is 55.9 cm³/mol. The highest BCUT2D eigenvalue weighted by Crippen LogP contribution is 2.48. The van der Waals surface area contributed by atoms with Gasteiger partial charge in [0.1, 0.15) is 0 Å². The van der Waals surface area contributed by atoms with Crippen molar-refractivity contribution in [3.8, 4) is 0 Å². The van der Waals surface area contributed by atoms with Gasteiger partial charge in [0.2, 0.25) is 0 Å². The van der Waals surface area contributed by atoms with E-state index in [2.05, 4.69) is 5.32 Å². The molecule has 1 aliphatic carbocycles. The summed E-state index contributed by atoms with van der Waals surface area (Å²) in [5, 5.41) is 3.40. The molecule has 0 aromatic heterocycles. The van der Waals surface area contributed by atoms with Crippen LogP contribution in [0.2, 0.25) is 0 Å². The minimum Gasteiger partial charge on any atom is -0.381 e. The molecule has 1 saturated heterocycles. The number of hydrogen-bond acceptors (Lipinski definition) is 2. The first-order valence-electron chi connectivity index (χ1n) is 5.58. The second-order valence-corrected chi connectivity index (χ2v) is 4.02. The summed E-state index contributed by atoms with van der Waals surface area (Å²) < 4.78 is 5.29. The van der Waals surface area contributed by atoms with Crippen molar-refractivity contribution in [3.63, 3.8) is 0 Å². The molecule has 0 radical (unpaired) electrons. The third kappa shape index (κ3) is 2.44. The topological polar surface area (TPSA) is 21.3 Å². The van der Waals surface area contributed by atoms with Gasteiger partial charge in [-0.1, -0.05) is 13.8 Å². The Labute approximate surface area is 82.0 Å². The minimum atomic E-state index is 0.577. The number of methoxy groups -OCH3 is 1. The molecule has 1 heterocycles. The van der Waals surface area contributed by atoms with Gasteiger partial charge in [-0.3, -0.25) is 0 Å². The summed E-state index contributed by atoms with van der Waals surface area (Å²) in [6.45, 7) is 6.44. The molecule has 1 N–H and O–H groups in total. The number of hydrogen-bond donors (Lipinski definition) is 1. The quantitative estimate of drug-likeness (QED) is 0.676. The maximum Gasteiger partial charge on any atom is 0.0582 e. The third-order valence-electron chi connectivity index (χ3n) is 3.32. The van der Waals surface area contributed by atoms with Crippen LogP contribution >= 0.6 is 0 Å². The molecule has 0 aromatic rings. The van der Waals surface area contributed by atoms with E-state index in [1.54, 1.807) is 0 Å². The smallest absolute Gasteiger partial charge is 0.0582 e. The van der Waals surface area contributed by atoms with Crippen molar-refractivity contribution in [3.05, 3.63) is 0 Å². The van der Waals surface area contributed by atoms with E-state index in [1.165, 1.54) is 38.8 Å². The summed E-state index contributed by atoms with van der Waals surface area (Å²) in [5.74, 6) is 0. The zero-order chi connectivity index (χ0) is 9.73. The number of nitrogens with one attached hydrogen (secondary N) is 1. The molecule has 13 heavy (non-hydrogen) atoms. The van der Waals surface area contributed by atoms with Crippen molar-refractivity contribution in [2.24, 2.45) is 5.41 Å². The molecule has 0 amide bonds. The van der Waals surface area contributed by atoms with E-state index in [0.717, 1.165) is 0 Å². The highest BCUT2D eigenvalue weighted by Gasteiger charge is 2.44. The number of rotatable bonds is 1. The highest BCUT2D eigenvalue weighted by atomic mass is 16.5. The maximum absolute atomic E-state index is 5.29. The molecule has 2 heteroatoms.